The molecule has 0 aliphatic rings. The van der Waals surface area contributed by atoms with E-state index in [0.717, 1.165) is 0 Å². The molecule has 0 radical (unpaired) electrons. The fourth-order valence-corrected chi connectivity index (χ4v) is 1.11. The Labute approximate surface area is 84.8 Å². The molecule has 3 amide bonds. The first-order valence-corrected chi connectivity index (χ1v) is 4.73. The highest BCUT2D eigenvalue weighted by Gasteiger charge is 2.11. The van der Waals surface area contributed by atoms with Crippen molar-refractivity contribution < 1.29 is 9.59 Å². The predicted molar refractivity (Wildman–Crippen MR) is 55.0 cm³/mol. The molecule has 1 atom stereocenters. The summed E-state index contributed by atoms with van der Waals surface area (Å²) in [6.45, 7) is 4.17. The highest BCUT2D eigenvalue weighted by Crippen LogP contribution is 1.90. The summed E-state index contributed by atoms with van der Waals surface area (Å²) in [5.74, 6) is 0.00260. The number of carbonyl (C=O) groups excluding carboxylic acids is 2. The van der Waals surface area contributed by atoms with Crippen molar-refractivity contribution in [2.75, 3.05) is 20.6 Å². The third-order valence-electron chi connectivity index (χ3n) is 1.84. The van der Waals surface area contributed by atoms with Crippen molar-refractivity contribution in [2.45, 2.75) is 26.3 Å². The first kappa shape index (κ1) is 12.7. The Hall–Kier alpha value is -1.26. The second-order valence-electron chi connectivity index (χ2n) is 3.26. The molecule has 0 aromatic heterocycles. The minimum absolute atomic E-state index is 0.00260. The van der Waals surface area contributed by atoms with Gasteiger partial charge in [0.1, 0.15) is 0 Å². The van der Waals surface area contributed by atoms with Gasteiger partial charge in [0, 0.05) is 33.1 Å². The topological polar surface area (TPSA) is 61.4 Å². The number of likely N-dealkylation sites (N-methyl/N-ethyl adjacent to an activating group) is 1. The molecule has 5 heteroatoms. The van der Waals surface area contributed by atoms with Crippen molar-refractivity contribution in [3.8, 4) is 0 Å². The molecule has 0 bridgehead atoms. The Morgan fingerprint density at radius 1 is 1.43 bits per heavy atom. The van der Waals surface area contributed by atoms with Crippen LogP contribution in [0.5, 0.6) is 0 Å². The maximum atomic E-state index is 11.1. The highest BCUT2D eigenvalue weighted by atomic mass is 16.2. The Morgan fingerprint density at radius 3 is 2.43 bits per heavy atom. The summed E-state index contributed by atoms with van der Waals surface area (Å²) in [6.07, 6.45) is 0.466. The number of hydrogen-bond acceptors (Lipinski definition) is 2. The molecule has 0 saturated heterocycles. The largest absolute Gasteiger partial charge is 0.352 e. The van der Waals surface area contributed by atoms with Gasteiger partial charge in [0.2, 0.25) is 5.91 Å². The molecule has 14 heavy (non-hydrogen) atoms. The van der Waals surface area contributed by atoms with E-state index in [-0.39, 0.29) is 18.0 Å². The fourth-order valence-electron chi connectivity index (χ4n) is 1.11. The van der Waals surface area contributed by atoms with Gasteiger partial charge in [0.05, 0.1) is 0 Å². The number of rotatable bonds is 4. The van der Waals surface area contributed by atoms with E-state index >= 15 is 0 Å². The van der Waals surface area contributed by atoms with E-state index in [0.29, 0.717) is 13.0 Å². The van der Waals surface area contributed by atoms with Crippen molar-refractivity contribution in [2.24, 2.45) is 0 Å². The normalized spacial score (nSPS) is 11.7. The van der Waals surface area contributed by atoms with Crippen LogP contribution in [0.2, 0.25) is 0 Å². The predicted octanol–water partition coefficient (Wildman–Crippen LogP) is 0.172. The Balaban J connectivity index is 3.87. The summed E-state index contributed by atoms with van der Waals surface area (Å²) in [4.78, 5) is 23.6. The maximum Gasteiger partial charge on any atom is 0.316 e. The van der Waals surface area contributed by atoms with E-state index in [9.17, 15) is 9.59 Å². The minimum atomic E-state index is -0.150. The summed E-state index contributed by atoms with van der Waals surface area (Å²) in [5, 5.41) is 5.29. The van der Waals surface area contributed by atoms with Gasteiger partial charge in [-0.2, -0.15) is 0 Å². The van der Waals surface area contributed by atoms with Crippen LogP contribution in [-0.4, -0.2) is 43.5 Å². The fraction of sp³-hybridized carbons (Fsp3) is 0.778. The van der Waals surface area contributed by atoms with Crippen LogP contribution < -0.4 is 10.6 Å². The van der Waals surface area contributed by atoms with Gasteiger partial charge in [-0.1, -0.05) is 6.92 Å². The van der Waals surface area contributed by atoms with Crippen LogP contribution >= 0.6 is 0 Å². The molecule has 0 aromatic carbocycles. The van der Waals surface area contributed by atoms with E-state index < -0.39 is 0 Å². The highest BCUT2D eigenvalue weighted by molar-refractivity contribution is 5.76. The van der Waals surface area contributed by atoms with Crippen LogP contribution in [0.3, 0.4) is 0 Å². The second kappa shape index (κ2) is 6.23. The van der Waals surface area contributed by atoms with E-state index in [1.807, 2.05) is 6.92 Å². The molecular weight excluding hydrogens is 182 g/mol. The zero-order chi connectivity index (χ0) is 11.1. The van der Waals surface area contributed by atoms with Crippen LogP contribution in [0.25, 0.3) is 0 Å². The van der Waals surface area contributed by atoms with Gasteiger partial charge in [-0.15, -0.1) is 0 Å². The molecule has 0 aliphatic carbocycles. The van der Waals surface area contributed by atoms with Gasteiger partial charge in [-0.3, -0.25) is 4.79 Å². The van der Waals surface area contributed by atoms with Crippen molar-refractivity contribution in [1.82, 2.24) is 15.5 Å². The lowest BCUT2D eigenvalue weighted by Crippen LogP contribution is -2.45. The Bertz CT molecular complexity index is 206. The first-order chi connectivity index (χ1) is 6.51. The molecule has 82 valence electrons. The standard InChI is InChI=1S/C9H19N3O2/c1-5-8(13)11-7(2)6-12(4)9(14)10-3/h7H,5-6H2,1-4H3,(H,10,14)(H,11,13)/t7-/m1/s1. The van der Waals surface area contributed by atoms with Crippen molar-refractivity contribution in [1.29, 1.82) is 0 Å². The molecule has 2 N–H and O–H groups in total. The lowest BCUT2D eigenvalue weighted by atomic mass is 10.3. The van der Waals surface area contributed by atoms with Crippen LogP contribution in [-0.2, 0) is 4.79 Å². The van der Waals surface area contributed by atoms with E-state index in [2.05, 4.69) is 10.6 Å². The molecule has 0 aliphatic heterocycles. The van der Waals surface area contributed by atoms with Gasteiger partial charge in [-0.25, -0.2) is 4.79 Å². The second-order valence-corrected chi connectivity index (χ2v) is 3.26. The smallest absolute Gasteiger partial charge is 0.316 e. The summed E-state index contributed by atoms with van der Waals surface area (Å²) in [7, 11) is 3.27. The molecule has 0 heterocycles. The first-order valence-electron chi connectivity index (χ1n) is 4.73. The van der Waals surface area contributed by atoms with Crippen molar-refractivity contribution in [3.05, 3.63) is 0 Å². The average Bonchev–Trinajstić information content (AvgIpc) is 2.15. The van der Waals surface area contributed by atoms with Crippen molar-refractivity contribution >= 4 is 11.9 Å². The number of nitrogens with zero attached hydrogens (tertiary/aromatic N) is 1. The zero-order valence-corrected chi connectivity index (χ0v) is 9.26. The lowest BCUT2D eigenvalue weighted by molar-refractivity contribution is -0.121. The molecule has 0 aromatic rings. The van der Waals surface area contributed by atoms with Gasteiger partial charge in [-0.05, 0) is 6.92 Å². The van der Waals surface area contributed by atoms with Gasteiger partial charge in [0.25, 0.3) is 0 Å². The van der Waals surface area contributed by atoms with Crippen molar-refractivity contribution in [3.63, 3.8) is 0 Å². The number of amides is 3. The maximum absolute atomic E-state index is 11.1. The van der Waals surface area contributed by atoms with E-state index in [4.69, 9.17) is 0 Å². The number of nitrogens with one attached hydrogen (secondary N) is 2. The summed E-state index contributed by atoms with van der Waals surface area (Å²) in [5.41, 5.74) is 0. The molecule has 0 unspecified atom stereocenters. The number of urea groups is 1. The van der Waals surface area contributed by atoms with Crippen LogP contribution in [0.1, 0.15) is 20.3 Å². The van der Waals surface area contributed by atoms with E-state index in [1.54, 1.807) is 21.0 Å². The quantitative estimate of drug-likeness (QED) is 0.681. The summed E-state index contributed by atoms with van der Waals surface area (Å²) < 4.78 is 0. The Kier molecular flexibility index (Phi) is 5.67. The Morgan fingerprint density at radius 2 is 2.00 bits per heavy atom. The minimum Gasteiger partial charge on any atom is -0.352 e. The molecule has 0 spiro atoms. The number of carbonyl (C=O) groups is 2. The molecule has 0 rings (SSSR count). The molecule has 5 nitrogen and oxygen atoms in total. The van der Waals surface area contributed by atoms with Gasteiger partial charge in [0.15, 0.2) is 0 Å². The lowest BCUT2D eigenvalue weighted by Gasteiger charge is -2.21. The summed E-state index contributed by atoms with van der Waals surface area (Å²) in [6, 6.07) is -0.174. The monoisotopic (exact) mass is 201 g/mol. The average molecular weight is 201 g/mol. The van der Waals surface area contributed by atoms with Crippen LogP contribution in [0.4, 0.5) is 4.79 Å². The zero-order valence-electron chi connectivity index (χ0n) is 9.26. The molecular formula is C9H19N3O2. The third kappa shape index (κ3) is 4.69. The molecule has 0 saturated carbocycles. The van der Waals surface area contributed by atoms with Crippen LogP contribution in [0, 0.1) is 0 Å². The van der Waals surface area contributed by atoms with Gasteiger partial charge >= 0.3 is 6.03 Å². The number of hydrogen-bond donors (Lipinski definition) is 2. The van der Waals surface area contributed by atoms with Gasteiger partial charge < -0.3 is 15.5 Å². The van der Waals surface area contributed by atoms with E-state index in [1.165, 1.54) is 4.90 Å². The SMILES string of the molecule is CCC(=O)N[C@H](C)CN(C)C(=O)NC. The third-order valence-corrected chi connectivity index (χ3v) is 1.84. The summed E-state index contributed by atoms with van der Waals surface area (Å²) >= 11 is 0. The van der Waals surface area contributed by atoms with Crippen LogP contribution in [0.15, 0.2) is 0 Å². The molecule has 0 fully saturated rings.